The van der Waals surface area contributed by atoms with Crippen molar-refractivity contribution in [2.24, 2.45) is 11.5 Å². The molecule has 1 aromatic carbocycles. The minimum atomic E-state index is -2.29. The zero-order valence-corrected chi connectivity index (χ0v) is 8.94. The van der Waals surface area contributed by atoms with Gasteiger partial charge in [0.15, 0.2) is 0 Å². The molecule has 1 aliphatic heterocycles. The number of anilines is 1. The molecule has 0 aromatic heterocycles. The Bertz CT molecular complexity index is 491. The number of hydrogen-bond acceptors (Lipinski definition) is 3. The van der Waals surface area contributed by atoms with Crippen LogP contribution >= 0.6 is 0 Å². The lowest BCUT2D eigenvalue weighted by molar-refractivity contribution is -0.129. The Kier molecular flexibility index (Phi) is 2.59. The monoisotopic (exact) mass is 237 g/mol. The molecular formula is C11H12FN3O2. The Morgan fingerprint density at radius 3 is 2.76 bits per heavy atom. The van der Waals surface area contributed by atoms with Crippen molar-refractivity contribution in [2.45, 2.75) is 18.1 Å². The molecule has 0 aliphatic carbocycles. The summed E-state index contributed by atoms with van der Waals surface area (Å²) in [6, 6.07) is 5.17. The largest absolute Gasteiger partial charge is 0.368 e. The number of rotatable bonds is 3. The lowest BCUT2D eigenvalue weighted by atomic mass is 9.90. The van der Waals surface area contributed by atoms with E-state index in [1.165, 1.54) is 6.07 Å². The van der Waals surface area contributed by atoms with Gasteiger partial charge < -0.3 is 16.8 Å². The molecule has 2 atom stereocenters. The summed E-state index contributed by atoms with van der Waals surface area (Å²) >= 11 is 0. The average Bonchev–Trinajstić information content (AvgIpc) is 2.52. The van der Waals surface area contributed by atoms with E-state index >= 15 is 0 Å². The van der Waals surface area contributed by atoms with Gasteiger partial charge >= 0.3 is 0 Å². The Labute approximate surface area is 97.0 Å². The van der Waals surface area contributed by atoms with Crippen molar-refractivity contribution in [3.63, 3.8) is 0 Å². The van der Waals surface area contributed by atoms with Crippen LogP contribution in [0.25, 0.3) is 0 Å². The number of benzene rings is 1. The van der Waals surface area contributed by atoms with Gasteiger partial charge in [-0.1, -0.05) is 18.2 Å². The van der Waals surface area contributed by atoms with Gasteiger partial charge in [-0.05, 0) is 6.07 Å². The molecule has 1 unspecified atom stereocenters. The number of nitrogens with one attached hydrogen (secondary N) is 1. The summed E-state index contributed by atoms with van der Waals surface area (Å²) < 4.78 is 14.6. The number of halogens is 1. The first kappa shape index (κ1) is 11.5. The van der Waals surface area contributed by atoms with Crippen LogP contribution in [0.3, 0.4) is 0 Å². The minimum Gasteiger partial charge on any atom is -0.368 e. The number of hydrogen-bond donors (Lipinski definition) is 3. The first-order valence-electron chi connectivity index (χ1n) is 5.10. The summed E-state index contributed by atoms with van der Waals surface area (Å²) in [5.74, 6) is -1.64. The average molecular weight is 237 g/mol. The number of primary amides is 1. The quantitative estimate of drug-likeness (QED) is 0.690. The highest BCUT2D eigenvalue weighted by Crippen LogP contribution is 2.41. The summed E-state index contributed by atoms with van der Waals surface area (Å²) in [6.07, 6.45) is -0.453. The van der Waals surface area contributed by atoms with E-state index in [1.54, 1.807) is 18.2 Å². The molecule has 17 heavy (non-hydrogen) atoms. The Morgan fingerprint density at radius 2 is 2.12 bits per heavy atom. The van der Waals surface area contributed by atoms with Crippen LogP contribution in [0.1, 0.15) is 12.0 Å². The Hall–Kier alpha value is -1.95. The molecule has 90 valence electrons. The molecule has 5 N–H and O–H groups in total. The van der Waals surface area contributed by atoms with Crippen LogP contribution in [-0.4, -0.2) is 17.9 Å². The SMILES string of the molecule is NC(=O)[C@@H](N)CC1(F)C(=O)Nc2ccccc21. The highest BCUT2D eigenvalue weighted by molar-refractivity contribution is 6.05. The lowest BCUT2D eigenvalue weighted by Gasteiger charge is -2.20. The van der Waals surface area contributed by atoms with Crippen LogP contribution in [0.2, 0.25) is 0 Å². The predicted octanol–water partition coefficient (Wildman–Crippen LogP) is 0.00620. The van der Waals surface area contributed by atoms with Crippen molar-refractivity contribution in [1.29, 1.82) is 0 Å². The van der Waals surface area contributed by atoms with E-state index in [-0.39, 0.29) is 5.56 Å². The van der Waals surface area contributed by atoms with E-state index in [2.05, 4.69) is 5.32 Å². The Balaban J connectivity index is 2.37. The minimum absolute atomic E-state index is 0.196. The third-order valence-electron chi connectivity index (χ3n) is 2.83. The molecule has 1 aliphatic rings. The summed E-state index contributed by atoms with van der Waals surface area (Å²) in [4.78, 5) is 22.5. The van der Waals surface area contributed by atoms with Crippen molar-refractivity contribution in [3.05, 3.63) is 29.8 Å². The van der Waals surface area contributed by atoms with Crippen molar-refractivity contribution in [2.75, 3.05) is 5.32 Å². The van der Waals surface area contributed by atoms with Gasteiger partial charge in [0.1, 0.15) is 0 Å². The van der Waals surface area contributed by atoms with Crippen LogP contribution < -0.4 is 16.8 Å². The van der Waals surface area contributed by atoms with Crippen LogP contribution in [0.15, 0.2) is 24.3 Å². The van der Waals surface area contributed by atoms with Gasteiger partial charge in [-0.25, -0.2) is 4.39 Å². The lowest BCUT2D eigenvalue weighted by Crippen LogP contribution is -2.44. The number of alkyl halides is 1. The molecule has 1 heterocycles. The fourth-order valence-corrected chi connectivity index (χ4v) is 1.89. The first-order chi connectivity index (χ1) is 7.95. The van der Waals surface area contributed by atoms with E-state index in [1.807, 2.05) is 0 Å². The van der Waals surface area contributed by atoms with Gasteiger partial charge in [0, 0.05) is 17.7 Å². The number of amides is 2. The second-order valence-electron chi connectivity index (χ2n) is 4.01. The third-order valence-corrected chi connectivity index (χ3v) is 2.83. The van der Waals surface area contributed by atoms with Crippen LogP contribution in [0.5, 0.6) is 0 Å². The van der Waals surface area contributed by atoms with Gasteiger partial charge in [0.25, 0.3) is 5.91 Å². The van der Waals surface area contributed by atoms with Crippen molar-refractivity contribution in [3.8, 4) is 0 Å². The van der Waals surface area contributed by atoms with Gasteiger partial charge in [-0.2, -0.15) is 0 Å². The van der Waals surface area contributed by atoms with E-state index in [0.29, 0.717) is 5.69 Å². The highest BCUT2D eigenvalue weighted by atomic mass is 19.1. The summed E-state index contributed by atoms with van der Waals surface area (Å²) in [5.41, 5.74) is 8.69. The van der Waals surface area contributed by atoms with Gasteiger partial charge in [0.2, 0.25) is 11.6 Å². The summed E-state index contributed by atoms with van der Waals surface area (Å²) in [7, 11) is 0. The maximum atomic E-state index is 14.6. The maximum absolute atomic E-state index is 14.6. The maximum Gasteiger partial charge on any atom is 0.266 e. The number of carbonyl (C=O) groups excluding carboxylic acids is 2. The Morgan fingerprint density at radius 1 is 1.47 bits per heavy atom. The molecular weight excluding hydrogens is 225 g/mol. The topological polar surface area (TPSA) is 98.2 Å². The van der Waals surface area contributed by atoms with Gasteiger partial charge in [0.05, 0.1) is 6.04 Å². The molecule has 0 bridgehead atoms. The number of nitrogens with two attached hydrogens (primary N) is 2. The van der Waals surface area contributed by atoms with E-state index in [0.717, 1.165) is 0 Å². The molecule has 0 radical (unpaired) electrons. The normalized spacial score (nSPS) is 24.0. The molecule has 2 amide bonds. The van der Waals surface area contributed by atoms with Crippen LogP contribution in [0, 0.1) is 0 Å². The molecule has 0 spiro atoms. The van der Waals surface area contributed by atoms with E-state index in [4.69, 9.17) is 11.5 Å². The fraction of sp³-hybridized carbons (Fsp3) is 0.273. The van der Waals surface area contributed by atoms with E-state index in [9.17, 15) is 14.0 Å². The summed E-state index contributed by atoms with van der Waals surface area (Å²) in [5, 5.41) is 2.41. The number of fused-ring (bicyclic) bond motifs is 1. The predicted molar refractivity (Wildman–Crippen MR) is 59.6 cm³/mol. The van der Waals surface area contributed by atoms with Gasteiger partial charge in [-0.3, -0.25) is 9.59 Å². The zero-order chi connectivity index (χ0) is 12.6. The molecule has 0 saturated carbocycles. The molecule has 2 rings (SSSR count). The standard InChI is InChI=1S/C11H12FN3O2/c12-11(5-7(13)9(14)16)6-3-1-2-4-8(6)15-10(11)17/h1-4,7H,5,13H2,(H2,14,16)(H,15,17)/t7-,11?/m0/s1. The second kappa shape index (κ2) is 3.81. The molecule has 0 saturated heterocycles. The molecule has 5 nitrogen and oxygen atoms in total. The van der Waals surface area contributed by atoms with Crippen molar-refractivity contribution < 1.29 is 14.0 Å². The number of para-hydroxylation sites is 1. The smallest absolute Gasteiger partial charge is 0.266 e. The van der Waals surface area contributed by atoms with Crippen molar-refractivity contribution in [1.82, 2.24) is 0 Å². The zero-order valence-electron chi connectivity index (χ0n) is 8.94. The second-order valence-corrected chi connectivity index (χ2v) is 4.01. The van der Waals surface area contributed by atoms with Crippen LogP contribution in [-0.2, 0) is 15.3 Å². The molecule has 1 aromatic rings. The summed E-state index contributed by atoms with van der Waals surface area (Å²) in [6.45, 7) is 0. The first-order valence-corrected chi connectivity index (χ1v) is 5.10. The molecule has 0 fully saturated rings. The van der Waals surface area contributed by atoms with Crippen LogP contribution in [0.4, 0.5) is 10.1 Å². The van der Waals surface area contributed by atoms with E-state index < -0.39 is 29.9 Å². The van der Waals surface area contributed by atoms with Crippen molar-refractivity contribution >= 4 is 17.5 Å². The third kappa shape index (κ3) is 1.76. The highest BCUT2D eigenvalue weighted by Gasteiger charge is 2.48. The molecule has 6 heteroatoms. The fourth-order valence-electron chi connectivity index (χ4n) is 1.89. The number of carbonyl (C=O) groups is 2. The van der Waals surface area contributed by atoms with Gasteiger partial charge in [-0.15, -0.1) is 0 Å².